The van der Waals surface area contributed by atoms with Gasteiger partial charge in [-0.1, -0.05) is 37.3 Å². The molecule has 1 aromatic carbocycles. The first-order valence-electron chi connectivity index (χ1n) is 7.90. The Morgan fingerprint density at radius 1 is 1.17 bits per heavy atom. The maximum absolute atomic E-state index is 11.8. The van der Waals surface area contributed by atoms with Crippen molar-refractivity contribution in [2.75, 3.05) is 13.1 Å². The summed E-state index contributed by atoms with van der Waals surface area (Å²) in [5.41, 5.74) is 2.05. The van der Waals surface area contributed by atoms with Crippen molar-refractivity contribution < 1.29 is 9.90 Å². The lowest BCUT2D eigenvalue weighted by molar-refractivity contribution is 0.239. The van der Waals surface area contributed by atoms with E-state index in [-0.39, 0.29) is 12.6 Å². The minimum atomic E-state index is -0.116. The molecule has 0 saturated carbocycles. The average molecular weight is 332 g/mol. The molecule has 4 nitrogen and oxygen atoms in total. The van der Waals surface area contributed by atoms with Crippen molar-refractivity contribution in [3.63, 3.8) is 0 Å². The molecule has 3 N–H and O–H groups in total. The summed E-state index contributed by atoms with van der Waals surface area (Å²) in [6.45, 7) is 3.48. The van der Waals surface area contributed by atoms with E-state index >= 15 is 0 Å². The molecule has 0 aliphatic rings. The lowest BCUT2D eigenvalue weighted by Gasteiger charge is -2.12. The van der Waals surface area contributed by atoms with Gasteiger partial charge in [-0.15, -0.1) is 11.3 Å². The number of thiophene rings is 1. The molecule has 0 bridgehead atoms. The molecule has 1 aromatic heterocycles. The number of nitrogens with one attached hydrogen (secondary N) is 2. The van der Waals surface area contributed by atoms with E-state index in [1.54, 1.807) is 11.3 Å². The molecule has 1 heterocycles. The van der Waals surface area contributed by atoms with Gasteiger partial charge in [0, 0.05) is 18.0 Å². The molecular formula is C18H24N2O2S. The van der Waals surface area contributed by atoms with Gasteiger partial charge in [-0.3, -0.25) is 0 Å². The van der Waals surface area contributed by atoms with E-state index in [9.17, 15) is 4.79 Å². The molecule has 0 aliphatic carbocycles. The lowest BCUT2D eigenvalue weighted by Crippen LogP contribution is -2.39. The van der Waals surface area contributed by atoms with Crippen molar-refractivity contribution in [1.82, 2.24) is 10.6 Å². The average Bonchev–Trinajstić information content (AvgIpc) is 3.06. The molecule has 2 aromatic rings. The number of aliphatic hydroxyl groups excluding tert-OH is 1. The zero-order valence-electron chi connectivity index (χ0n) is 13.4. The Morgan fingerprint density at radius 2 is 1.91 bits per heavy atom. The van der Waals surface area contributed by atoms with E-state index in [0.29, 0.717) is 19.0 Å². The molecule has 0 saturated heterocycles. The number of aliphatic hydroxyl groups is 1. The van der Waals surface area contributed by atoms with Gasteiger partial charge < -0.3 is 15.7 Å². The van der Waals surface area contributed by atoms with Crippen LogP contribution in [0.4, 0.5) is 4.79 Å². The minimum Gasteiger partial charge on any atom is -0.392 e. The van der Waals surface area contributed by atoms with Crippen LogP contribution in [0.3, 0.4) is 0 Å². The fourth-order valence-electron chi connectivity index (χ4n) is 2.31. The summed E-state index contributed by atoms with van der Waals surface area (Å²) in [4.78, 5) is 13.1. The molecule has 0 radical (unpaired) electrons. The van der Waals surface area contributed by atoms with Gasteiger partial charge in [-0.2, -0.15) is 0 Å². The summed E-state index contributed by atoms with van der Waals surface area (Å²) in [7, 11) is 0. The second-order valence-corrected chi connectivity index (χ2v) is 6.78. The Hall–Kier alpha value is -1.85. The molecule has 2 rings (SSSR count). The number of amides is 2. The third-order valence-electron chi connectivity index (χ3n) is 3.65. The number of carbonyl (C=O) groups excluding carboxylic acids is 1. The maximum Gasteiger partial charge on any atom is 0.314 e. The molecule has 1 atom stereocenters. The predicted molar refractivity (Wildman–Crippen MR) is 94.7 cm³/mol. The number of rotatable bonds is 8. The molecule has 23 heavy (non-hydrogen) atoms. The van der Waals surface area contributed by atoms with Gasteiger partial charge in [0.1, 0.15) is 0 Å². The fourth-order valence-corrected chi connectivity index (χ4v) is 3.18. The van der Waals surface area contributed by atoms with Crippen LogP contribution >= 0.6 is 11.3 Å². The molecule has 0 aliphatic heterocycles. The lowest BCUT2D eigenvalue weighted by atomic mass is 10.1. The Kier molecular flexibility index (Phi) is 7.10. The van der Waals surface area contributed by atoms with Crippen molar-refractivity contribution in [2.45, 2.75) is 26.4 Å². The monoisotopic (exact) mass is 332 g/mol. The number of carbonyl (C=O) groups is 1. The summed E-state index contributed by atoms with van der Waals surface area (Å²) >= 11 is 1.76. The van der Waals surface area contributed by atoms with Gasteiger partial charge in [0.25, 0.3) is 0 Å². The summed E-state index contributed by atoms with van der Waals surface area (Å²) < 4.78 is 0. The summed E-state index contributed by atoms with van der Waals surface area (Å²) in [5.74, 6) is 0.422. The second-order valence-electron chi connectivity index (χ2n) is 5.75. The highest BCUT2D eigenvalue weighted by Gasteiger charge is 2.07. The van der Waals surface area contributed by atoms with Gasteiger partial charge in [-0.25, -0.2) is 4.79 Å². The van der Waals surface area contributed by atoms with Crippen LogP contribution in [0.25, 0.3) is 0 Å². The van der Waals surface area contributed by atoms with Crippen molar-refractivity contribution in [2.24, 2.45) is 5.92 Å². The molecule has 0 spiro atoms. The molecule has 5 heteroatoms. The number of benzene rings is 1. The van der Waals surface area contributed by atoms with Crippen LogP contribution in [0, 0.1) is 5.92 Å². The van der Waals surface area contributed by atoms with Crippen LogP contribution in [0.2, 0.25) is 0 Å². The Balaban J connectivity index is 1.60. The number of hydrogen-bond donors (Lipinski definition) is 3. The van der Waals surface area contributed by atoms with E-state index in [0.717, 1.165) is 24.0 Å². The topological polar surface area (TPSA) is 61.4 Å². The normalized spacial score (nSPS) is 11.9. The largest absolute Gasteiger partial charge is 0.392 e. The number of hydrogen-bond acceptors (Lipinski definition) is 3. The van der Waals surface area contributed by atoms with Crippen molar-refractivity contribution in [1.29, 1.82) is 0 Å². The maximum atomic E-state index is 11.8. The standard InChI is InChI=1S/C18H24N2O2S/c1-14(11-17-3-2-10-23-17)12-20-18(22)19-9-8-15-4-6-16(13-21)7-5-15/h2-7,10,14,21H,8-9,11-13H2,1H3,(H2,19,20,22). The Bertz CT molecular complexity index is 582. The molecule has 0 fully saturated rings. The summed E-state index contributed by atoms with van der Waals surface area (Å²) in [6, 6.07) is 11.8. The third kappa shape index (κ3) is 6.42. The van der Waals surface area contributed by atoms with Crippen LogP contribution in [-0.4, -0.2) is 24.2 Å². The molecule has 1 unspecified atom stereocenters. The van der Waals surface area contributed by atoms with Crippen molar-refractivity contribution in [3.8, 4) is 0 Å². The van der Waals surface area contributed by atoms with Gasteiger partial charge in [0.2, 0.25) is 0 Å². The third-order valence-corrected chi connectivity index (χ3v) is 4.54. The first-order chi connectivity index (χ1) is 11.2. The van der Waals surface area contributed by atoms with Gasteiger partial charge in [0.05, 0.1) is 6.61 Å². The Morgan fingerprint density at radius 3 is 2.57 bits per heavy atom. The molecular weight excluding hydrogens is 308 g/mol. The first kappa shape index (κ1) is 17.5. The predicted octanol–water partition coefficient (Wildman–Crippen LogP) is 2.96. The zero-order valence-corrected chi connectivity index (χ0v) is 14.2. The molecule has 124 valence electrons. The highest BCUT2D eigenvalue weighted by Crippen LogP contribution is 2.13. The van der Waals surface area contributed by atoms with Crippen LogP contribution < -0.4 is 10.6 Å². The van der Waals surface area contributed by atoms with Crippen LogP contribution in [-0.2, 0) is 19.4 Å². The van der Waals surface area contributed by atoms with E-state index < -0.39 is 0 Å². The van der Waals surface area contributed by atoms with Crippen LogP contribution in [0.5, 0.6) is 0 Å². The minimum absolute atomic E-state index is 0.0601. The smallest absolute Gasteiger partial charge is 0.314 e. The summed E-state index contributed by atoms with van der Waals surface area (Å²) in [6.07, 6.45) is 1.78. The quantitative estimate of drug-likeness (QED) is 0.696. The van der Waals surface area contributed by atoms with E-state index in [1.165, 1.54) is 4.88 Å². The number of urea groups is 1. The highest BCUT2D eigenvalue weighted by molar-refractivity contribution is 7.09. The van der Waals surface area contributed by atoms with E-state index in [1.807, 2.05) is 24.3 Å². The van der Waals surface area contributed by atoms with Crippen LogP contribution in [0.15, 0.2) is 41.8 Å². The fraction of sp³-hybridized carbons (Fsp3) is 0.389. The van der Waals surface area contributed by atoms with Gasteiger partial charge in [0.15, 0.2) is 0 Å². The van der Waals surface area contributed by atoms with E-state index in [2.05, 4.69) is 35.1 Å². The zero-order chi connectivity index (χ0) is 16.5. The van der Waals surface area contributed by atoms with Crippen LogP contribution in [0.1, 0.15) is 22.9 Å². The van der Waals surface area contributed by atoms with Gasteiger partial charge in [-0.05, 0) is 41.3 Å². The SMILES string of the molecule is CC(CNC(=O)NCCc1ccc(CO)cc1)Cc1cccs1. The highest BCUT2D eigenvalue weighted by atomic mass is 32.1. The molecule has 2 amide bonds. The first-order valence-corrected chi connectivity index (χ1v) is 8.78. The second kappa shape index (κ2) is 9.33. The Labute approximate surface area is 141 Å². The van der Waals surface area contributed by atoms with Gasteiger partial charge >= 0.3 is 6.03 Å². The summed E-state index contributed by atoms with van der Waals surface area (Å²) in [5, 5.41) is 16.9. The van der Waals surface area contributed by atoms with Crippen molar-refractivity contribution in [3.05, 3.63) is 57.8 Å². The van der Waals surface area contributed by atoms with E-state index in [4.69, 9.17) is 5.11 Å². The van der Waals surface area contributed by atoms with Crippen molar-refractivity contribution >= 4 is 17.4 Å².